The molecule has 1 aliphatic heterocycles. The molecule has 1 N–H and O–H groups in total. The normalized spacial score (nSPS) is 22.7. The second-order valence-electron chi connectivity index (χ2n) is 4.81. The van der Waals surface area contributed by atoms with Crippen molar-refractivity contribution >= 4 is 23.2 Å². The van der Waals surface area contributed by atoms with Crippen LogP contribution in [0.2, 0.25) is 10.0 Å². The standard InChI is InChI=1S/C12H15Cl2NO/c1-12(2)6-15-11(12)8-4-7(13)5-9(14)10(8)16-3/h4-5,11,15H,6H2,1-3H3. The van der Waals surface area contributed by atoms with Gasteiger partial charge in [-0.05, 0) is 17.5 Å². The van der Waals surface area contributed by atoms with E-state index in [9.17, 15) is 0 Å². The van der Waals surface area contributed by atoms with Crippen LogP contribution in [0, 0.1) is 5.41 Å². The molecule has 1 saturated heterocycles. The first kappa shape index (κ1) is 12.0. The molecule has 16 heavy (non-hydrogen) atoms. The summed E-state index contributed by atoms with van der Waals surface area (Å²) in [5, 5.41) is 4.59. The number of ether oxygens (including phenoxy) is 1. The van der Waals surface area contributed by atoms with Gasteiger partial charge in [0.1, 0.15) is 5.75 Å². The first-order valence-electron chi connectivity index (χ1n) is 5.22. The number of hydrogen-bond donors (Lipinski definition) is 1. The molecule has 1 unspecified atom stereocenters. The van der Waals surface area contributed by atoms with Crippen LogP contribution < -0.4 is 10.1 Å². The molecule has 0 saturated carbocycles. The third-order valence-electron chi connectivity index (χ3n) is 3.10. The second kappa shape index (κ2) is 4.10. The Morgan fingerprint density at radius 1 is 1.38 bits per heavy atom. The Labute approximate surface area is 106 Å². The van der Waals surface area contributed by atoms with E-state index in [1.165, 1.54) is 0 Å². The van der Waals surface area contributed by atoms with Crippen LogP contribution in [-0.2, 0) is 0 Å². The minimum absolute atomic E-state index is 0.210. The summed E-state index contributed by atoms with van der Waals surface area (Å²) in [6.45, 7) is 5.41. The fourth-order valence-electron chi connectivity index (χ4n) is 2.15. The summed E-state index contributed by atoms with van der Waals surface area (Å²) in [6, 6.07) is 3.88. The van der Waals surface area contributed by atoms with E-state index < -0.39 is 0 Å². The monoisotopic (exact) mass is 259 g/mol. The molecule has 0 bridgehead atoms. The zero-order chi connectivity index (χ0) is 11.9. The van der Waals surface area contributed by atoms with Crippen LogP contribution in [-0.4, -0.2) is 13.7 Å². The third kappa shape index (κ3) is 1.90. The van der Waals surface area contributed by atoms with Gasteiger partial charge in [0, 0.05) is 23.2 Å². The number of benzene rings is 1. The summed E-state index contributed by atoms with van der Waals surface area (Å²) in [5.74, 6) is 0.719. The van der Waals surface area contributed by atoms with E-state index in [2.05, 4.69) is 19.2 Å². The lowest BCUT2D eigenvalue weighted by atomic mass is 9.73. The predicted molar refractivity (Wildman–Crippen MR) is 67.5 cm³/mol. The van der Waals surface area contributed by atoms with Crippen molar-refractivity contribution in [3.05, 3.63) is 27.7 Å². The van der Waals surface area contributed by atoms with Crippen molar-refractivity contribution in [2.45, 2.75) is 19.9 Å². The predicted octanol–water partition coefficient (Wildman–Crippen LogP) is 3.67. The van der Waals surface area contributed by atoms with Gasteiger partial charge >= 0.3 is 0 Å². The van der Waals surface area contributed by atoms with E-state index in [4.69, 9.17) is 27.9 Å². The molecule has 1 fully saturated rings. The quantitative estimate of drug-likeness (QED) is 0.875. The number of halogens is 2. The summed E-state index contributed by atoms with van der Waals surface area (Å²) >= 11 is 12.1. The van der Waals surface area contributed by atoms with Crippen molar-refractivity contribution in [2.24, 2.45) is 5.41 Å². The van der Waals surface area contributed by atoms with Crippen molar-refractivity contribution in [1.29, 1.82) is 0 Å². The Hall–Kier alpha value is -0.440. The van der Waals surface area contributed by atoms with Crippen molar-refractivity contribution in [1.82, 2.24) is 5.32 Å². The van der Waals surface area contributed by atoms with Crippen LogP contribution in [0.25, 0.3) is 0 Å². The van der Waals surface area contributed by atoms with Gasteiger partial charge in [-0.1, -0.05) is 37.0 Å². The summed E-state index contributed by atoms with van der Waals surface area (Å²) in [6.07, 6.45) is 0. The van der Waals surface area contributed by atoms with Gasteiger partial charge in [0.15, 0.2) is 0 Å². The number of rotatable bonds is 2. The SMILES string of the molecule is COc1c(Cl)cc(Cl)cc1C1NCC1(C)C. The summed E-state index contributed by atoms with van der Waals surface area (Å²) < 4.78 is 5.35. The molecule has 0 aliphatic carbocycles. The van der Waals surface area contributed by atoms with Gasteiger partial charge in [-0.25, -0.2) is 0 Å². The molecule has 1 aliphatic rings. The molecule has 2 nitrogen and oxygen atoms in total. The zero-order valence-corrected chi connectivity index (χ0v) is 11.1. The minimum Gasteiger partial charge on any atom is -0.495 e. The van der Waals surface area contributed by atoms with Gasteiger partial charge in [-0.3, -0.25) is 0 Å². The van der Waals surface area contributed by atoms with E-state index in [-0.39, 0.29) is 11.5 Å². The lowest BCUT2D eigenvalue weighted by Crippen LogP contribution is -2.52. The van der Waals surface area contributed by atoms with Crippen LogP contribution in [0.4, 0.5) is 0 Å². The van der Waals surface area contributed by atoms with Crippen LogP contribution in [0.15, 0.2) is 12.1 Å². The lowest BCUT2D eigenvalue weighted by molar-refractivity contribution is 0.125. The average molecular weight is 260 g/mol. The highest BCUT2D eigenvalue weighted by Crippen LogP contribution is 2.46. The van der Waals surface area contributed by atoms with E-state index in [1.807, 2.05) is 6.07 Å². The van der Waals surface area contributed by atoms with Crippen LogP contribution in [0.3, 0.4) is 0 Å². The number of methoxy groups -OCH3 is 1. The van der Waals surface area contributed by atoms with Gasteiger partial charge in [0.05, 0.1) is 12.1 Å². The maximum absolute atomic E-state index is 6.12. The molecule has 0 amide bonds. The molecule has 1 aromatic rings. The Morgan fingerprint density at radius 2 is 2.06 bits per heavy atom. The Morgan fingerprint density at radius 3 is 2.50 bits per heavy atom. The highest BCUT2D eigenvalue weighted by atomic mass is 35.5. The summed E-state index contributed by atoms with van der Waals surface area (Å²) in [4.78, 5) is 0. The summed E-state index contributed by atoms with van der Waals surface area (Å²) in [7, 11) is 1.63. The minimum atomic E-state index is 0.210. The van der Waals surface area contributed by atoms with E-state index in [0.717, 1.165) is 17.9 Å². The van der Waals surface area contributed by atoms with Crippen molar-refractivity contribution in [3.63, 3.8) is 0 Å². The molecule has 1 heterocycles. The Bertz CT molecular complexity index is 418. The highest BCUT2D eigenvalue weighted by Gasteiger charge is 2.41. The highest BCUT2D eigenvalue weighted by molar-refractivity contribution is 6.35. The molecule has 4 heteroatoms. The first-order valence-corrected chi connectivity index (χ1v) is 5.97. The van der Waals surface area contributed by atoms with E-state index in [0.29, 0.717) is 10.0 Å². The summed E-state index contributed by atoms with van der Waals surface area (Å²) in [5.41, 5.74) is 1.25. The molecule has 1 atom stereocenters. The fourth-order valence-corrected chi connectivity index (χ4v) is 2.74. The molecule has 0 aromatic heterocycles. The Kier molecular flexibility index (Phi) is 3.08. The molecular formula is C12H15Cl2NO. The lowest BCUT2D eigenvalue weighted by Gasteiger charge is -2.46. The zero-order valence-electron chi connectivity index (χ0n) is 9.60. The van der Waals surface area contributed by atoms with Crippen molar-refractivity contribution in [2.75, 3.05) is 13.7 Å². The van der Waals surface area contributed by atoms with Gasteiger partial charge < -0.3 is 10.1 Å². The Balaban J connectivity index is 2.47. The van der Waals surface area contributed by atoms with Crippen molar-refractivity contribution < 1.29 is 4.74 Å². The maximum atomic E-state index is 6.12. The van der Waals surface area contributed by atoms with E-state index in [1.54, 1.807) is 13.2 Å². The average Bonchev–Trinajstić information content (AvgIpc) is 2.15. The molecule has 88 valence electrons. The van der Waals surface area contributed by atoms with Gasteiger partial charge in [-0.2, -0.15) is 0 Å². The third-order valence-corrected chi connectivity index (χ3v) is 3.59. The topological polar surface area (TPSA) is 21.3 Å². The van der Waals surface area contributed by atoms with Crippen LogP contribution in [0.1, 0.15) is 25.5 Å². The largest absolute Gasteiger partial charge is 0.495 e. The van der Waals surface area contributed by atoms with Crippen LogP contribution in [0.5, 0.6) is 5.75 Å². The smallest absolute Gasteiger partial charge is 0.142 e. The van der Waals surface area contributed by atoms with Gasteiger partial charge in [0.2, 0.25) is 0 Å². The molecule has 2 rings (SSSR count). The van der Waals surface area contributed by atoms with Crippen molar-refractivity contribution in [3.8, 4) is 5.75 Å². The molecular weight excluding hydrogens is 245 g/mol. The number of nitrogens with one attached hydrogen (secondary N) is 1. The molecule has 1 aromatic carbocycles. The molecule has 0 spiro atoms. The number of hydrogen-bond acceptors (Lipinski definition) is 2. The molecule has 0 radical (unpaired) electrons. The van der Waals surface area contributed by atoms with E-state index >= 15 is 0 Å². The van der Waals surface area contributed by atoms with Gasteiger partial charge in [0.25, 0.3) is 0 Å². The first-order chi connectivity index (χ1) is 7.45. The second-order valence-corrected chi connectivity index (χ2v) is 5.66. The van der Waals surface area contributed by atoms with Crippen LogP contribution >= 0.6 is 23.2 Å². The fraction of sp³-hybridized carbons (Fsp3) is 0.500. The van der Waals surface area contributed by atoms with Gasteiger partial charge in [-0.15, -0.1) is 0 Å². The maximum Gasteiger partial charge on any atom is 0.142 e.